The van der Waals surface area contributed by atoms with Crippen LogP contribution in [0.1, 0.15) is 61.2 Å². The monoisotopic (exact) mass is 371 g/mol. The van der Waals surface area contributed by atoms with Gasteiger partial charge in [0.05, 0.1) is 12.1 Å². The van der Waals surface area contributed by atoms with Crippen LogP contribution in [-0.4, -0.2) is 16.9 Å². The van der Waals surface area contributed by atoms with Gasteiger partial charge >= 0.3 is 0 Å². The zero-order chi connectivity index (χ0) is 18.2. The van der Waals surface area contributed by atoms with E-state index in [1.165, 1.54) is 50.5 Å². The molecule has 140 valence electrons. The normalized spacial score (nSPS) is 16.0. The number of amides is 1. The quantitative estimate of drug-likeness (QED) is 0.764. The molecule has 0 radical (unpaired) electrons. The van der Waals surface area contributed by atoms with Crippen molar-refractivity contribution in [3.63, 3.8) is 0 Å². The van der Waals surface area contributed by atoms with Crippen LogP contribution in [-0.2, 0) is 17.8 Å². The Labute approximate surface area is 160 Å². The second kappa shape index (κ2) is 9.83. The molecule has 0 spiro atoms. The van der Waals surface area contributed by atoms with Gasteiger partial charge < -0.3 is 10.6 Å². The molecule has 5 heteroatoms. The molecule has 4 nitrogen and oxygen atoms in total. The minimum Gasteiger partial charge on any atom is -0.326 e. The van der Waals surface area contributed by atoms with Gasteiger partial charge in [-0.2, -0.15) is 0 Å². The number of thiazole rings is 1. The molecule has 0 unspecified atom stereocenters. The van der Waals surface area contributed by atoms with Crippen molar-refractivity contribution >= 4 is 22.9 Å². The summed E-state index contributed by atoms with van der Waals surface area (Å²) in [5, 5.41) is 9.55. The summed E-state index contributed by atoms with van der Waals surface area (Å²) in [5.74, 6) is -0.0114. The minimum absolute atomic E-state index is 0.0114. The standard InChI is InChI=1S/C21H29N3OS/c1-16-9-11-18(12-10-16)23-20(25)13-21-24-19(15-26-21)14-22-17-7-5-3-2-4-6-8-17/h9-12,15,17,22H,2-8,13-14H2,1H3,(H,23,25). The molecule has 1 amide bonds. The van der Waals surface area contributed by atoms with Gasteiger partial charge in [0.15, 0.2) is 0 Å². The lowest BCUT2D eigenvalue weighted by atomic mass is 9.97. The molecule has 0 bridgehead atoms. The number of hydrogen-bond donors (Lipinski definition) is 2. The van der Waals surface area contributed by atoms with Crippen molar-refractivity contribution in [3.8, 4) is 0 Å². The van der Waals surface area contributed by atoms with Crippen LogP contribution in [0.2, 0.25) is 0 Å². The third kappa shape index (κ3) is 6.22. The van der Waals surface area contributed by atoms with Crippen molar-refractivity contribution in [1.82, 2.24) is 10.3 Å². The maximum atomic E-state index is 12.2. The molecule has 1 saturated carbocycles. The van der Waals surface area contributed by atoms with Crippen molar-refractivity contribution in [1.29, 1.82) is 0 Å². The summed E-state index contributed by atoms with van der Waals surface area (Å²) >= 11 is 1.57. The van der Waals surface area contributed by atoms with Crippen molar-refractivity contribution in [3.05, 3.63) is 45.9 Å². The fourth-order valence-corrected chi connectivity index (χ4v) is 4.19. The molecule has 0 aliphatic heterocycles. The summed E-state index contributed by atoms with van der Waals surface area (Å²) in [7, 11) is 0. The lowest BCUT2D eigenvalue weighted by Crippen LogP contribution is -2.29. The Morgan fingerprint density at radius 3 is 2.54 bits per heavy atom. The van der Waals surface area contributed by atoms with Gasteiger partial charge in [0.2, 0.25) is 5.91 Å². The van der Waals surface area contributed by atoms with Crippen LogP contribution in [0.4, 0.5) is 5.69 Å². The highest BCUT2D eigenvalue weighted by atomic mass is 32.1. The Hall–Kier alpha value is -1.72. The molecule has 1 aliphatic rings. The summed E-state index contributed by atoms with van der Waals surface area (Å²) in [6.45, 7) is 2.84. The Kier molecular flexibility index (Phi) is 7.21. The van der Waals surface area contributed by atoms with Crippen LogP contribution in [0.25, 0.3) is 0 Å². The Morgan fingerprint density at radius 1 is 1.12 bits per heavy atom. The molecule has 1 heterocycles. The number of benzene rings is 1. The average Bonchev–Trinajstić information content (AvgIpc) is 3.03. The third-order valence-electron chi connectivity index (χ3n) is 4.92. The number of carbonyl (C=O) groups is 1. The van der Waals surface area contributed by atoms with E-state index in [0.29, 0.717) is 12.5 Å². The highest BCUT2D eigenvalue weighted by molar-refractivity contribution is 7.09. The van der Waals surface area contributed by atoms with E-state index in [4.69, 9.17) is 0 Å². The molecule has 0 saturated heterocycles. The Balaban J connectivity index is 1.44. The number of aromatic nitrogens is 1. The molecule has 1 fully saturated rings. The van der Waals surface area contributed by atoms with Gasteiger partial charge in [0.1, 0.15) is 5.01 Å². The summed E-state index contributed by atoms with van der Waals surface area (Å²) < 4.78 is 0. The molecule has 26 heavy (non-hydrogen) atoms. The average molecular weight is 372 g/mol. The largest absolute Gasteiger partial charge is 0.326 e. The zero-order valence-corrected chi connectivity index (χ0v) is 16.4. The number of nitrogens with zero attached hydrogens (tertiary/aromatic N) is 1. The van der Waals surface area contributed by atoms with Gasteiger partial charge in [-0.1, -0.05) is 49.8 Å². The number of nitrogens with one attached hydrogen (secondary N) is 2. The molecule has 3 rings (SSSR count). The Morgan fingerprint density at radius 2 is 1.81 bits per heavy atom. The Bertz CT molecular complexity index is 688. The number of aryl methyl sites for hydroxylation is 1. The van der Waals surface area contributed by atoms with Crippen LogP contribution >= 0.6 is 11.3 Å². The van der Waals surface area contributed by atoms with Crippen LogP contribution < -0.4 is 10.6 Å². The summed E-state index contributed by atoms with van der Waals surface area (Å²) in [6.07, 6.45) is 9.68. The molecule has 1 aromatic heterocycles. The maximum absolute atomic E-state index is 12.2. The summed E-state index contributed by atoms with van der Waals surface area (Å²) in [6, 6.07) is 8.47. The smallest absolute Gasteiger partial charge is 0.231 e. The molecule has 1 aliphatic carbocycles. The molecular weight excluding hydrogens is 342 g/mol. The van der Waals surface area contributed by atoms with E-state index in [-0.39, 0.29) is 5.91 Å². The van der Waals surface area contributed by atoms with E-state index in [1.807, 2.05) is 31.2 Å². The first-order valence-corrected chi connectivity index (χ1v) is 10.6. The summed E-state index contributed by atoms with van der Waals surface area (Å²) in [5.41, 5.74) is 3.07. The van der Waals surface area contributed by atoms with Gasteiger partial charge in [-0.05, 0) is 31.9 Å². The van der Waals surface area contributed by atoms with Gasteiger partial charge in [-0.3, -0.25) is 4.79 Å². The minimum atomic E-state index is -0.0114. The lowest BCUT2D eigenvalue weighted by Gasteiger charge is -2.20. The van der Waals surface area contributed by atoms with Crippen molar-refractivity contribution in [2.75, 3.05) is 5.32 Å². The van der Waals surface area contributed by atoms with Crippen molar-refractivity contribution in [2.24, 2.45) is 0 Å². The van der Waals surface area contributed by atoms with Crippen molar-refractivity contribution in [2.45, 2.75) is 70.9 Å². The van der Waals surface area contributed by atoms with E-state index in [0.717, 1.165) is 22.9 Å². The SMILES string of the molecule is Cc1ccc(NC(=O)Cc2nc(CNC3CCCCCCC3)cs2)cc1. The van der Waals surface area contributed by atoms with Gasteiger partial charge in [-0.15, -0.1) is 11.3 Å². The molecular formula is C21H29N3OS. The van der Waals surface area contributed by atoms with Crippen LogP contribution in [0.3, 0.4) is 0 Å². The van der Waals surface area contributed by atoms with E-state index in [9.17, 15) is 4.79 Å². The first-order chi connectivity index (χ1) is 12.7. The van der Waals surface area contributed by atoms with Crippen LogP contribution in [0.5, 0.6) is 0 Å². The van der Waals surface area contributed by atoms with Crippen LogP contribution in [0.15, 0.2) is 29.6 Å². The number of anilines is 1. The highest BCUT2D eigenvalue weighted by Crippen LogP contribution is 2.18. The predicted octanol–water partition coefficient (Wildman–Crippen LogP) is 4.84. The fourth-order valence-electron chi connectivity index (χ4n) is 3.40. The molecule has 2 N–H and O–H groups in total. The van der Waals surface area contributed by atoms with E-state index < -0.39 is 0 Å². The van der Waals surface area contributed by atoms with E-state index >= 15 is 0 Å². The van der Waals surface area contributed by atoms with E-state index in [2.05, 4.69) is 21.0 Å². The number of rotatable bonds is 6. The molecule has 2 aromatic rings. The lowest BCUT2D eigenvalue weighted by molar-refractivity contribution is -0.115. The van der Waals surface area contributed by atoms with Crippen LogP contribution in [0, 0.1) is 6.92 Å². The number of carbonyl (C=O) groups excluding carboxylic acids is 1. The van der Waals surface area contributed by atoms with Crippen molar-refractivity contribution < 1.29 is 4.79 Å². The first-order valence-electron chi connectivity index (χ1n) is 9.72. The van der Waals surface area contributed by atoms with Gasteiger partial charge in [0.25, 0.3) is 0 Å². The predicted molar refractivity (Wildman–Crippen MR) is 109 cm³/mol. The van der Waals surface area contributed by atoms with Gasteiger partial charge in [0, 0.05) is 23.7 Å². The maximum Gasteiger partial charge on any atom is 0.231 e. The zero-order valence-electron chi connectivity index (χ0n) is 15.6. The number of hydrogen-bond acceptors (Lipinski definition) is 4. The highest BCUT2D eigenvalue weighted by Gasteiger charge is 2.12. The third-order valence-corrected chi connectivity index (χ3v) is 5.82. The second-order valence-corrected chi connectivity index (χ2v) is 8.19. The fraction of sp³-hybridized carbons (Fsp3) is 0.524. The first kappa shape index (κ1) is 19.1. The van der Waals surface area contributed by atoms with Gasteiger partial charge in [-0.25, -0.2) is 4.98 Å². The summed E-state index contributed by atoms with van der Waals surface area (Å²) in [4.78, 5) is 16.8. The topological polar surface area (TPSA) is 54.0 Å². The van der Waals surface area contributed by atoms with E-state index in [1.54, 1.807) is 11.3 Å². The second-order valence-electron chi connectivity index (χ2n) is 7.25. The molecule has 1 aromatic carbocycles. The molecule has 0 atom stereocenters.